The van der Waals surface area contributed by atoms with E-state index < -0.39 is 5.60 Å². The van der Waals surface area contributed by atoms with Crippen LogP contribution in [0.2, 0.25) is 0 Å². The lowest BCUT2D eigenvalue weighted by atomic mass is 10.0. The van der Waals surface area contributed by atoms with Gasteiger partial charge in [0.05, 0.1) is 16.7 Å². The van der Waals surface area contributed by atoms with E-state index in [9.17, 15) is 5.11 Å². The monoisotopic (exact) mass is 360 g/mol. The number of rotatable bonds is 2. The Morgan fingerprint density at radius 2 is 2.07 bits per heavy atom. The SMILES string of the molecule is Cc1cc(C(C)(O)C#Cc2ccc3ncn(-c4ccnc(N)n4)c3c2)on1. The number of aliphatic hydroxyl groups is 1. The molecule has 3 aromatic heterocycles. The molecule has 0 radical (unpaired) electrons. The molecule has 3 N–H and O–H groups in total. The van der Waals surface area contributed by atoms with Crippen molar-refractivity contribution < 1.29 is 9.63 Å². The van der Waals surface area contributed by atoms with Crippen LogP contribution >= 0.6 is 0 Å². The first-order valence-corrected chi connectivity index (χ1v) is 8.18. The van der Waals surface area contributed by atoms with Crippen molar-refractivity contribution in [2.24, 2.45) is 0 Å². The molecule has 0 aliphatic heterocycles. The minimum atomic E-state index is -1.45. The van der Waals surface area contributed by atoms with E-state index in [1.165, 1.54) is 0 Å². The molecule has 4 rings (SSSR count). The molecule has 0 bridgehead atoms. The molecular formula is C19H16N6O2. The fraction of sp³-hybridized carbons (Fsp3) is 0.158. The van der Waals surface area contributed by atoms with Crippen molar-refractivity contribution in [1.82, 2.24) is 24.7 Å². The number of imidazole rings is 1. The highest BCUT2D eigenvalue weighted by Crippen LogP contribution is 2.22. The van der Waals surface area contributed by atoms with Crippen LogP contribution in [0.1, 0.15) is 23.9 Å². The Bertz CT molecular complexity index is 1200. The van der Waals surface area contributed by atoms with E-state index in [-0.39, 0.29) is 5.95 Å². The molecule has 3 heterocycles. The standard InChI is InChI=1S/C19H16N6O2/c1-12-9-16(27-24-12)19(2,26)7-5-13-3-4-14-15(10-13)25(11-22-14)17-6-8-21-18(20)23-17/h3-4,6,8-11,26H,1-2H3,(H2,20,21,23). The average Bonchev–Trinajstić information content (AvgIpc) is 3.26. The van der Waals surface area contributed by atoms with Crippen LogP contribution in [0.3, 0.4) is 0 Å². The first kappa shape index (κ1) is 16.8. The highest BCUT2D eigenvalue weighted by atomic mass is 16.5. The van der Waals surface area contributed by atoms with Crippen molar-refractivity contribution in [1.29, 1.82) is 0 Å². The molecule has 0 fully saturated rings. The van der Waals surface area contributed by atoms with Crippen molar-refractivity contribution in [3.63, 3.8) is 0 Å². The number of nitrogens with two attached hydrogens (primary N) is 1. The second-order valence-corrected chi connectivity index (χ2v) is 6.25. The molecule has 1 aromatic carbocycles. The number of benzene rings is 1. The third kappa shape index (κ3) is 3.23. The van der Waals surface area contributed by atoms with Crippen LogP contribution in [0.5, 0.6) is 0 Å². The van der Waals surface area contributed by atoms with Crippen LogP contribution in [0.25, 0.3) is 16.9 Å². The van der Waals surface area contributed by atoms with Crippen LogP contribution < -0.4 is 5.73 Å². The summed E-state index contributed by atoms with van der Waals surface area (Å²) in [7, 11) is 0. The Kier molecular flexibility index (Phi) is 3.86. The van der Waals surface area contributed by atoms with Gasteiger partial charge >= 0.3 is 0 Å². The molecule has 0 aliphatic rings. The summed E-state index contributed by atoms with van der Waals surface area (Å²) >= 11 is 0. The zero-order chi connectivity index (χ0) is 19.0. The van der Waals surface area contributed by atoms with Crippen molar-refractivity contribution in [3.8, 4) is 17.7 Å². The lowest BCUT2D eigenvalue weighted by molar-refractivity contribution is 0.0872. The number of nitrogen functional groups attached to an aromatic ring is 1. The van der Waals surface area contributed by atoms with Crippen molar-refractivity contribution in [3.05, 3.63) is 59.9 Å². The van der Waals surface area contributed by atoms with Gasteiger partial charge in [-0.05, 0) is 38.1 Å². The highest BCUT2D eigenvalue weighted by molar-refractivity contribution is 5.78. The molecule has 4 aromatic rings. The number of hydrogen-bond donors (Lipinski definition) is 2. The van der Waals surface area contributed by atoms with E-state index >= 15 is 0 Å². The lowest BCUT2D eigenvalue weighted by Crippen LogP contribution is -2.17. The molecule has 0 amide bonds. The van der Waals surface area contributed by atoms with Gasteiger partial charge in [-0.2, -0.15) is 4.98 Å². The van der Waals surface area contributed by atoms with E-state index in [2.05, 4.69) is 31.9 Å². The summed E-state index contributed by atoms with van der Waals surface area (Å²) in [6.07, 6.45) is 3.25. The minimum Gasteiger partial charge on any atom is -0.371 e. The summed E-state index contributed by atoms with van der Waals surface area (Å²) in [5.74, 6) is 6.90. The maximum absolute atomic E-state index is 10.5. The maximum Gasteiger partial charge on any atom is 0.221 e. The zero-order valence-corrected chi connectivity index (χ0v) is 14.7. The summed E-state index contributed by atoms with van der Waals surface area (Å²) in [5, 5.41) is 14.3. The van der Waals surface area contributed by atoms with Gasteiger partial charge in [0, 0.05) is 17.8 Å². The Hall–Kier alpha value is -3.70. The summed E-state index contributed by atoms with van der Waals surface area (Å²) in [6, 6.07) is 8.96. The number of hydrogen-bond acceptors (Lipinski definition) is 7. The number of nitrogens with zero attached hydrogens (tertiary/aromatic N) is 5. The van der Waals surface area contributed by atoms with Crippen molar-refractivity contribution >= 4 is 17.0 Å². The quantitative estimate of drug-likeness (QED) is 0.525. The summed E-state index contributed by atoms with van der Waals surface area (Å²) < 4.78 is 6.92. The molecule has 0 spiro atoms. The molecule has 8 heteroatoms. The van der Waals surface area contributed by atoms with Gasteiger partial charge in [0.25, 0.3) is 0 Å². The third-order valence-electron chi connectivity index (χ3n) is 4.01. The predicted molar refractivity (Wildman–Crippen MR) is 98.8 cm³/mol. The van der Waals surface area contributed by atoms with Crippen LogP contribution in [0, 0.1) is 18.8 Å². The number of aryl methyl sites for hydroxylation is 1. The van der Waals surface area contributed by atoms with Crippen molar-refractivity contribution in [2.75, 3.05) is 5.73 Å². The van der Waals surface area contributed by atoms with Gasteiger partial charge in [0.1, 0.15) is 12.1 Å². The Balaban J connectivity index is 1.73. The van der Waals surface area contributed by atoms with Crippen molar-refractivity contribution in [2.45, 2.75) is 19.4 Å². The summed E-state index contributed by atoms with van der Waals surface area (Å²) in [6.45, 7) is 3.35. The molecule has 8 nitrogen and oxygen atoms in total. The second kappa shape index (κ2) is 6.23. The summed E-state index contributed by atoms with van der Waals surface area (Å²) in [5.41, 5.74) is 7.22. The number of anilines is 1. The Labute approximate surface area is 154 Å². The second-order valence-electron chi connectivity index (χ2n) is 6.25. The van der Waals surface area contributed by atoms with Gasteiger partial charge in [-0.3, -0.25) is 4.57 Å². The van der Waals surface area contributed by atoms with Gasteiger partial charge in [-0.15, -0.1) is 0 Å². The molecule has 1 unspecified atom stereocenters. The number of fused-ring (bicyclic) bond motifs is 1. The molecule has 134 valence electrons. The normalized spacial score (nSPS) is 13.1. The molecule has 0 saturated heterocycles. The fourth-order valence-corrected chi connectivity index (χ4v) is 2.61. The van der Waals surface area contributed by atoms with E-state index in [0.29, 0.717) is 22.8 Å². The average molecular weight is 360 g/mol. The Morgan fingerprint density at radius 3 is 2.81 bits per heavy atom. The van der Waals surface area contributed by atoms with Gasteiger partial charge in [-0.25, -0.2) is 9.97 Å². The smallest absolute Gasteiger partial charge is 0.221 e. The molecule has 27 heavy (non-hydrogen) atoms. The zero-order valence-electron chi connectivity index (χ0n) is 14.7. The molecule has 0 aliphatic carbocycles. The predicted octanol–water partition coefficient (Wildman–Crippen LogP) is 1.95. The van der Waals surface area contributed by atoms with Crippen LogP contribution in [-0.4, -0.2) is 29.8 Å². The first-order valence-electron chi connectivity index (χ1n) is 8.18. The highest BCUT2D eigenvalue weighted by Gasteiger charge is 2.25. The number of aromatic nitrogens is 5. The molecule has 1 atom stereocenters. The third-order valence-corrected chi connectivity index (χ3v) is 4.01. The van der Waals surface area contributed by atoms with E-state index in [1.807, 2.05) is 18.2 Å². The van der Waals surface area contributed by atoms with Crippen LogP contribution in [0.4, 0.5) is 5.95 Å². The van der Waals surface area contributed by atoms with Gasteiger partial charge in [-0.1, -0.05) is 17.0 Å². The summed E-state index contributed by atoms with van der Waals surface area (Å²) in [4.78, 5) is 12.5. The lowest BCUT2D eigenvalue weighted by Gasteiger charge is -2.11. The van der Waals surface area contributed by atoms with E-state index in [4.69, 9.17) is 10.3 Å². The molecular weight excluding hydrogens is 344 g/mol. The van der Waals surface area contributed by atoms with Crippen LogP contribution in [0.15, 0.2) is 47.4 Å². The first-order chi connectivity index (χ1) is 12.9. The topological polar surface area (TPSA) is 116 Å². The minimum absolute atomic E-state index is 0.184. The Morgan fingerprint density at radius 1 is 1.22 bits per heavy atom. The van der Waals surface area contributed by atoms with Gasteiger partial charge in [0.2, 0.25) is 5.95 Å². The fourth-order valence-electron chi connectivity index (χ4n) is 2.61. The van der Waals surface area contributed by atoms with E-state index in [0.717, 1.165) is 11.0 Å². The largest absolute Gasteiger partial charge is 0.371 e. The molecule has 0 saturated carbocycles. The van der Waals surface area contributed by atoms with Crippen LogP contribution in [-0.2, 0) is 5.60 Å². The van der Waals surface area contributed by atoms with Gasteiger partial charge < -0.3 is 15.4 Å². The van der Waals surface area contributed by atoms with Gasteiger partial charge in [0.15, 0.2) is 11.4 Å². The maximum atomic E-state index is 10.5. The van der Waals surface area contributed by atoms with E-state index in [1.54, 1.807) is 43.1 Å².